The van der Waals surface area contributed by atoms with Crippen molar-refractivity contribution < 1.29 is 8.42 Å². The molecule has 16 heavy (non-hydrogen) atoms. The van der Waals surface area contributed by atoms with E-state index in [1.165, 1.54) is 0 Å². The lowest BCUT2D eigenvalue weighted by Crippen LogP contribution is -2.41. The Morgan fingerprint density at radius 2 is 1.94 bits per heavy atom. The van der Waals surface area contributed by atoms with E-state index >= 15 is 0 Å². The highest BCUT2D eigenvalue weighted by molar-refractivity contribution is 7.89. The van der Waals surface area contributed by atoms with E-state index < -0.39 is 10.0 Å². The average molecular weight is 268 g/mol. The predicted molar refractivity (Wildman–Crippen MR) is 68.4 cm³/mol. The fourth-order valence-corrected chi connectivity index (χ4v) is 4.47. The molecule has 0 spiro atoms. The molecule has 1 saturated carbocycles. The number of unbranched alkanes of at least 4 members (excludes halogenated alkanes) is 1. The SMILES string of the molecule is CCCCS(=O)(=O)N(CCCl)C1CCCC1. The summed E-state index contributed by atoms with van der Waals surface area (Å²) in [6.07, 6.45) is 5.95. The number of rotatable bonds is 7. The Hall–Kier alpha value is 0.200. The van der Waals surface area contributed by atoms with Crippen LogP contribution in [0.4, 0.5) is 0 Å². The molecule has 0 unspecified atom stereocenters. The first kappa shape index (κ1) is 14.3. The Kier molecular flexibility index (Phi) is 6.08. The maximum absolute atomic E-state index is 12.1. The molecule has 0 heterocycles. The predicted octanol–water partition coefficient (Wildman–Crippen LogP) is 2.60. The van der Waals surface area contributed by atoms with Gasteiger partial charge in [0.05, 0.1) is 5.75 Å². The molecule has 0 saturated heterocycles. The Morgan fingerprint density at radius 3 is 2.44 bits per heavy atom. The van der Waals surface area contributed by atoms with Crippen molar-refractivity contribution in [2.45, 2.75) is 51.5 Å². The van der Waals surface area contributed by atoms with Crippen LogP contribution in [0, 0.1) is 0 Å². The van der Waals surface area contributed by atoms with Crippen molar-refractivity contribution >= 4 is 21.6 Å². The second-order valence-electron chi connectivity index (χ2n) is 4.41. The number of hydrogen-bond donors (Lipinski definition) is 0. The third-order valence-corrected chi connectivity index (χ3v) is 5.32. The molecule has 3 nitrogen and oxygen atoms in total. The third-order valence-electron chi connectivity index (χ3n) is 3.15. The molecule has 0 aromatic rings. The minimum Gasteiger partial charge on any atom is -0.212 e. The van der Waals surface area contributed by atoms with Crippen LogP contribution < -0.4 is 0 Å². The lowest BCUT2D eigenvalue weighted by Gasteiger charge is -2.27. The molecule has 0 aromatic carbocycles. The Morgan fingerprint density at radius 1 is 1.31 bits per heavy atom. The topological polar surface area (TPSA) is 37.4 Å². The van der Waals surface area contributed by atoms with Gasteiger partial charge in [-0.05, 0) is 19.3 Å². The Bertz CT molecular complexity index is 286. The van der Waals surface area contributed by atoms with Gasteiger partial charge in [0.15, 0.2) is 0 Å². The van der Waals surface area contributed by atoms with Crippen LogP contribution in [0.3, 0.4) is 0 Å². The smallest absolute Gasteiger partial charge is 0.212 e. The van der Waals surface area contributed by atoms with Gasteiger partial charge in [-0.25, -0.2) is 8.42 Å². The Labute approximate surface area is 104 Å². The highest BCUT2D eigenvalue weighted by Crippen LogP contribution is 2.26. The van der Waals surface area contributed by atoms with E-state index in [0.717, 1.165) is 38.5 Å². The molecule has 0 atom stereocenters. The van der Waals surface area contributed by atoms with Gasteiger partial charge >= 0.3 is 0 Å². The number of nitrogens with zero attached hydrogens (tertiary/aromatic N) is 1. The summed E-state index contributed by atoms with van der Waals surface area (Å²) in [7, 11) is -3.08. The maximum Gasteiger partial charge on any atom is 0.214 e. The van der Waals surface area contributed by atoms with Crippen molar-refractivity contribution in [1.82, 2.24) is 4.31 Å². The summed E-state index contributed by atoms with van der Waals surface area (Å²) in [5.74, 6) is 0.665. The van der Waals surface area contributed by atoms with Gasteiger partial charge in [-0.3, -0.25) is 0 Å². The molecule has 1 aliphatic rings. The number of hydrogen-bond acceptors (Lipinski definition) is 2. The van der Waals surface area contributed by atoms with Crippen LogP contribution in [0.15, 0.2) is 0 Å². The summed E-state index contributed by atoms with van der Waals surface area (Å²) >= 11 is 5.71. The Balaban J connectivity index is 2.67. The maximum atomic E-state index is 12.1. The van der Waals surface area contributed by atoms with E-state index in [1.807, 2.05) is 6.92 Å². The van der Waals surface area contributed by atoms with Crippen LogP contribution >= 0.6 is 11.6 Å². The van der Waals surface area contributed by atoms with Crippen molar-refractivity contribution in [3.05, 3.63) is 0 Å². The van der Waals surface area contributed by atoms with Crippen molar-refractivity contribution in [3.8, 4) is 0 Å². The third kappa shape index (κ3) is 3.90. The molecule has 1 aliphatic carbocycles. The highest BCUT2D eigenvalue weighted by atomic mass is 35.5. The molecule has 0 N–H and O–H groups in total. The van der Waals surface area contributed by atoms with E-state index in [9.17, 15) is 8.42 Å². The van der Waals surface area contributed by atoms with E-state index in [-0.39, 0.29) is 11.8 Å². The van der Waals surface area contributed by atoms with Gasteiger partial charge in [-0.1, -0.05) is 26.2 Å². The lowest BCUT2D eigenvalue weighted by molar-refractivity contribution is 0.336. The zero-order valence-electron chi connectivity index (χ0n) is 9.99. The van der Waals surface area contributed by atoms with E-state index in [1.54, 1.807) is 4.31 Å². The van der Waals surface area contributed by atoms with Crippen LogP contribution in [0.25, 0.3) is 0 Å². The van der Waals surface area contributed by atoms with Gasteiger partial charge in [0.2, 0.25) is 10.0 Å². The summed E-state index contributed by atoms with van der Waals surface area (Å²) in [5, 5.41) is 0. The summed E-state index contributed by atoms with van der Waals surface area (Å²) in [6, 6.07) is 0.209. The van der Waals surface area contributed by atoms with Crippen LogP contribution in [-0.2, 0) is 10.0 Å². The molecule has 96 valence electrons. The van der Waals surface area contributed by atoms with E-state index in [0.29, 0.717) is 12.4 Å². The van der Waals surface area contributed by atoms with E-state index in [2.05, 4.69) is 0 Å². The highest BCUT2D eigenvalue weighted by Gasteiger charge is 2.30. The molecule has 0 aliphatic heterocycles. The zero-order valence-corrected chi connectivity index (χ0v) is 11.6. The molecule has 5 heteroatoms. The van der Waals surface area contributed by atoms with Gasteiger partial charge in [-0.2, -0.15) is 4.31 Å². The second-order valence-corrected chi connectivity index (χ2v) is 6.83. The fourth-order valence-electron chi connectivity index (χ4n) is 2.27. The van der Waals surface area contributed by atoms with E-state index in [4.69, 9.17) is 11.6 Å². The summed E-state index contributed by atoms with van der Waals surface area (Å²) in [4.78, 5) is 0. The monoisotopic (exact) mass is 267 g/mol. The van der Waals surface area contributed by atoms with Crippen molar-refractivity contribution in [3.63, 3.8) is 0 Å². The largest absolute Gasteiger partial charge is 0.214 e. The quantitative estimate of drug-likeness (QED) is 0.665. The van der Waals surface area contributed by atoms with Crippen LogP contribution in [0.5, 0.6) is 0 Å². The lowest BCUT2D eigenvalue weighted by atomic mass is 10.2. The first-order valence-electron chi connectivity index (χ1n) is 6.17. The summed E-state index contributed by atoms with van der Waals surface area (Å²) in [5.41, 5.74) is 0. The molecule has 0 aromatic heterocycles. The molecular weight excluding hydrogens is 246 g/mol. The van der Waals surface area contributed by atoms with Crippen molar-refractivity contribution in [1.29, 1.82) is 0 Å². The zero-order chi connectivity index (χ0) is 12.0. The van der Waals surface area contributed by atoms with Gasteiger partial charge in [0, 0.05) is 18.5 Å². The van der Waals surface area contributed by atoms with Gasteiger partial charge in [-0.15, -0.1) is 11.6 Å². The number of halogens is 1. The number of sulfonamides is 1. The minimum absolute atomic E-state index is 0.209. The van der Waals surface area contributed by atoms with Crippen LogP contribution in [0.2, 0.25) is 0 Å². The molecule has 1 fully saturated rings. The minimum atomic E-state index is -3.08. The second kappa shape index (κ2) is 6.82. The van der Waals surface area contributed by atoms with Crippen LogP contribution in [-0.4, -0.2) is 36.9 Å². The molecule has 0 radical (unpaired) electrons. The standard InChI is InChI=1S/C11H22ClNO2S/c1-2-3-10-16(14,15)13(9-8-12)11-6-4-5-7-11/h11H,2-10H2,1H3. The summed E-state index contributed by atoms with van der Waals surface area (Å²) < 4.78 is 25.9. The van der Waals surface area contributed by atoms with Crippen molar-refractivity contribution in [2.75, 3.05) is 18.2 Å². The molecular formula is C11H22ClNO2S. The molecule has 0 amide bonds. The number of alkyl halides is 1. The average Bonchev–Trinajstić information content (AvgIpc) is 2.76. The summed E-state index contributed by atoms with van der Waals surface area (Å²) in [6.45, 7) is 2.48. The van der Waals surface area contributed by atoms with Gasteiger partial charge < -0.3 is 0 Å². The van der Waals surface area contributed by atoms with Gasteiger partial charge in [0.25, 0.3) is 0 Å². The molecule has 1 rings (SSSR count). The molecule has 0 bridgehead atoms. The first-order valence-corrected chi connectivity index (χ1v) is 8.31. The normalized spacial score (nSPS) is 18.4. The fraction of sp³-hybridized carbons (Fsp3) is 1.00. The van der Waals surface area contributed by atoms with Crippen molar-refractivity contribution in [2.24, 2.45) is 0 Å². The first-order chi connectivity index (χ1) is 7.61. The van der Waals surface area contributed by atoms with Crippen LogP contribution in [0.1, 0.15) is 45.4 Å². The van der Waals surface area contributed by atoms with Gasteiger partial charge in [0.1, 0.15) is 0 Å².